The average Bonchev–Trinajstić information content (AvgIpc) is 3.13. The fourth-order valence-corrected chi connectivity index (χ4v) is 3.38. The molecule has 0 spiro atoms. The lowest BCUT2D eigenvalue weighted by Crippen LogP contribution is -2.20. The van der Waals surface area contributed by atoms with Crippen LogP contribution in [-0.4, -0.2) is 18.5 Å². The molecule has 138 valence electrons. The smallest absolute Gasteiger partial charge is 0.349 e. The molecule has 0 saturated heterocycles. The van der Waals surface area contributed by atoms with Crippen LogP contribution in [0.15, 0.2) is 53.9 Å². The van der Waals surface area contributed by atoms with Crippen LogP contribution in [0.5, 0.6) is 0 Å². The molecule has 0 fully saturated rings. The number of rotatable bonds is 5. The van der Waals surface area contributed by atoms with Crippen LogP contribution in [0.25, 0.3) is 11.1 Å². The Balaban J connectivity index is 1.63. The maximum Gasteiger partial charge on any atom is 0.349 e. The van der Waals surface area contributed by atoms with Crippen molar-refractivity contribution in [3.05, 3.63) is 75.2 Å². The molecule has 0 aliphatic heterocycles. The van der Waals surface area contributed by atoms with Gasteiger partial charge in [0.15, 0.2) is 6.61 Å². The first-order valence-corrected chi connectivity index (χ1v) is 9.26. The summed E-state index contributed by atoms with van der Waals surface area (Å²) in [6.45, 7) is 1.53. The number of anilines is 1. The monoisotopic (exact) mass is 403 g/mol. The molecular formula is C20H15ClFNO3S. The number of thiophene rings is 1. The first kappa shape index (κ1) is 19.1. The Bertz CT molecular complexity index is 985. The molecular weight excluding hydrogens is 389 g/mol. The van der Waals surface area contributed by atoms with E-state index in [0.29, 0.717) is 10.6 Å². The number of carbonyl (C=O) groups is 2. The number of esters is 1. The lowest BCUT2D eigenvalue weighted by Gasteiger charge is -2.08. The number of ether oxygens (including phenoxy) is 1. The molecule has 1 heterocycles. The zero-order chi connectivity index (χ0) is 19.4. The Labute approximate surface area is 164 Å². The Morgan fingerprint density at radius 3 is 2.59 bits per heavy atom. The van der Waals surface area contributed by atoms with Gasteiger partial charge < -0.3 is 10.1 Å². The molecule has 1 amide bonds. The quantitative estimate of drug-likeness (QED) is 0.587. The van der Waals surface area contributed by atoms with Gasteiger partial charge in [-0.2, -0.15) is 0 Å². The summed E-state index contributed by atoms with van der Waals surface area (Å²) in [4.78, 5) is 24.7. The van der Waals surface area contributed by atoms with Crippen molar-refractivity contribution in [2.75, 3.05) is 11.9 Å². The molecule has 3 rings (SSSR count). The van der Waals surface area contributed by atoms with E-state index < -0.39 is 24.3 Å². The van der Waals surface area contributed by atoms with Crippen LogP contribution >= 0.6 is 22.9 Å². The Hall–Kier alpha value is -2.70. The van der Waals surface area contributed by atoms with Crippen molar-refractivity contribution in [2.24, 2.45) is 0 Å². The highest BCUT2D eigenvalue weighted by molar-refractivity contribution is 7.12. The Kier molecular flexibility index (Phi) is 5.88. The second-order valence-corrected chi connectivity index (χ2v) is 7.11. The van der Waals surface area contributed by atoms with Crippen LogP contribution in [0.3, 0.4) is 0 Å². The molecule has 3 aromatic rings. The van der Waals surface area contributed by atoms with E-state index in [1.165, 1.54) is 23.5 Å². The summed E-state index contributed by atoms with van der Waals surface area (Å²) < 4.78 is 18.2. The van der Waals surface area contributed by atoms with E-state index >= 15 is 0 Å². The van der Waals surface area contributed by atoms with Crippen molar-refractivity contribution in [3.8, 4) is 11.1 Å². The number of amides is 1. The van der Waals surface area contributed by atoms with Gasteiger partial charge in [-0.3, -0.25) is 4.79 Å². The van der Waals surface area contributed by atoms with Crippen LogP contribution in [-0.2, 0) is 9.53 Å². The SMILES string of the molecule is Cc1ccc(-c2ccsc2C(=O)OCC(=O)Nc2ccc(F)c(Cl)c2)cc1. The number of hydrogen-bond donors (Lipinski definition) is 1. The Morgan fingerprint density at radius 1 is 1.15 bits per heavy atom. The van der Waals surface area contributed by atoms with Crippen molar-refractivity contribution in [3.63, 3.8) is 0 Å². The molecule has 0 unspecified atom stereocenters. The molecule has 0 aliphatic rings. The van der Waals surface area contributed by atoms with Crippen molar-refractivity contribution in [1.29, 1.82) is 0 Å². The van der Waals surface area contributed by atoms with E-state index in [4.69, 9.17) is 16.3 Å². The van der Waals surface area contributed by atoms with Gasteiger partial charge in [-0.05, 0) is 42.1 Å². The molecule has 0 radical (unpaired) electrons. The van der Waals surface area contributed by atoms with E-state index in [1.54, 1.807) is 5.38 Å². The van der Waals surface area contributed by atoms with Crippen molar-refractivity contribution in [2.45, 2.75) is 6.92 Å². The van der Waals surface area contributed by atoms with Gasteiger partial charge in [0, 0.05) is 11.3 Å². The van der Waals surface area contributed by atoms with E-state index in [0.717, 1.165) is 22.8 Å². The zero-order valence-corrected chi connectivity index (χ0v) is 15.9. The predicted octanol–water partition coefficient (Wildman–Crippen LogP) is 5.31. The standard InChI is InChI=1S/C20H15ClFNO3S/c1-12-2-4-13(5-3-12)15-8-9-27-19(15)20(25)26-11-18(24)23-14-6-7-17(22)16(21)10-14/h2-10H,11H2,1H3,(H,23,24). The van der Waals surface area contributed by atoms with Crippen molar-refractivity contribution < 1.29 is 18.7 Å². The molecule has 1 aromatic heterocycles. The summed E-state index contributed by atoms with van der Waals surface area (Å²) in [6, 6.07) is 13.4. The minimum atomic E-state index is -0.581. The maximum absolute atomic E-state index is 13.1. The van der Waals surface area contributed by atoms with Gasteiger partial charge in [-0.1, -0.05) is 41.4 Å². The highest BCUT2D eigenvalue weighted by Crippen LogP contribution is 2.29. The third-order valence-electron chi connectivity index (χ3n) is 3.75. The Morgan fingerprint density at radius 2 is 1.89 bits per heavy atom. The molecule has 0 atom stereocenters. The lowest BCUT2D eigenvalue weighted by molar-refractivity contribution is -0.119. The van der Waals surface area contributed by atoms with Gasteiger partial charge in [-0.25, -0.2) is 9.18 Å². The van der Waals surface area contributed by atoms with Crippen molar-refractivity contribution >= 4 is 40.5 Å². The van der Waals surface area contributed by atoms with E-state index in [9.17, 15) is 14.0 Å². The summed E-state index contributed by atoms with van der Waals surface area (Å²) in [6.07, 6.45) is 0. The molecule has 1 N–H and O–H groups in total. The highest BCUT2D eigenvalue weighted by Gasteiger charge is 2.17. The number of carbonyl (C=O) groups excluding carboxylic acids is 2. The number of halogens is 2. The number of aryl methyl sites for hydroxylation is 1. The minimum absolute atomic E-state index is 0.105. The van der Waals surface area contributed by atoms with Crippen molar-refractivity contribution in [1.82, 2.24) is 0 Å². The second kappa shape index (κ2) is 8.33. The topological polar surface area (TPSA) is 55.4 Å². The maximum atomic E-state index is 13.1. The van der Waals surface area contributed by atoms with Crippen LogP contribution in [0.2, 0.25) is 5.02 Å². The fourth-order valence-electron chi connectivity index (χ4n) is 2.40. The molecule has 4 nitrogen and oxygen atoms in total. The van der Waals surface area contributed by atoms with E-state index in [-0.39, 0.29) is 5.02 Å². The van der Waals surface area contributed by atoms with E-state index in [2.05, 4.69) is 5.32 Å². The van der Waals surface area contributed by atoms with Crippen LogP contribution in [0, 0.1) is 12.7 Å². The molecule has 7 heteroatoms. The summed E-state index contributed by atoms with van der Waals surface area (Å²) in [5.74, 6) is -1.70. The zero-order valence-electron chi connectivity index (χ0n) is 14.3. The fraction of sp³-hybridized carbons (Fsp3) is 0.100. The van der Waals surface area contributed by atoms with Gasteiger partial charge >= 0.3 is 5.97 Å². The predicted molar refractivity (Wildman–Crippen MR) is 105 cm³/mol. The molecule has 0 bridgehead atoms. The third-order valence-corrected chi connectivity index (χ3v) is 4.94. The second-order valence-electron chi connectivity index (χ2n) is 5.78. The summed E-state index contributed by atoms with van der Waals surface area (Å²) in [5.41, 5.74) is 3.10. The van der Waals surface area contributed by atoms with Gasteiger partial charge in [-0.15, -0.1) is 11.3 Å². The van der Waals surface area contributed by atoms with Gasteiger partial charge in [0.05, 0.1) is 5.02 Å². The minimum Gasteiger partial charge on any atom is -0.451 e. The van der Waals surface area contributed by atoms with Crippen LogP contribution in [0.4, 0.5) is 10.1 Å². The highest BCUT2D eigenvalue weighted by atomic mass is 35.5. The van der Waals surface area contributed by atoms with Gasteiger partial charge in [0.2, 0.25) is 0 Å². The number of benzene rings is 2. The normalized spacial score (nSPS) is 10.5. The summed E-state index contributed by atoms with van der Waals surface area (Å²) in [5, 5.41) is 4.19. The first-order valence-electron chi connectivity index (χ1n) is 8.00. The van der Waals surface area contributed by atoms with Crippen LogP contribution < -0.4 is 5.32 Å². The molecule has 27 heavy (non-hydrogen) atoms. The first-order chi connectivity index (χ1) is 12.9. The number of hydrogen-bond acceptors (Lipinski definition) is 4. The largest absolute Gasteiger partial charge is 0.451 e. The molecule has 2 aromatic carbocycles. The summed E-state index contributed by atoms with van der Waals surface area (Å²) in [7, 11) is 0. The van der Waals surface area contributed by atoms with Gasteiger partial charge in [0.1, 0.15) is 10.7 Å². The average molecular weight is 404 g/mol. The molecule has 0 saturated carbocycles. The van der Waals surface area contributed by atoms with Gasteiger partial charge in [0.25, 0.3) is 5.91 Å². The summed E-state index contributed by atoms with van der Waals surface area (Å²) >= 11 is 6.92. The van der Waals surface area contributed by atoms with Crippen LogP contribution in [0.1, 0.15) is 15.2 Å². The third kappa shape index (κ3) is 4.72. The molecule has 0 aliphatic carbocycles. The number of nitrogens with one attached hydrogen (secondary N) is 1. The lowest BCUT2D eigenvalue weighted by atomic mass is 10.1. The van der Waals surface area contributed by atoms with E-state index in [1.807, 2.05) is 37.3 Å².